The van der Waals surface area contributed by atoms with Crippen molar-refractivity contribution in [2.75, 3.05) is 26.3 Å². The summed E-state index contributed by atoms with van der Waals surface area (Å²) in [4.78, 5) is 23.8. The topological polar surface area (TPSA) is 76.7 Å². The van der Waals surface area contributed by atoms with Gasteiger partial charge in [0, 0.05) is 18.7 Å². The van der Waals surface area contributed by atoms with Crippen LogP contribution in [0.15, 0.2) is 42.5 Å². The van der Waals surface area contributed by atoms with Crippen LogP contribution < -0.4 is 20.1 Å². The summed E-state index contributed by atoms with van der Waals surface area (Å²) in [6, 6.07) is 11.6. The van der Waals surface area contributed by atoms with Crippen LogP contribution >= 0.6 is 23.2 Å². The molecule has 0 spiro atoms. The molecule has 0 heterocycles. The van der Waals surface area contributed by atoms with E-state index in [2.05, 4.69) is 10.6 Å². The van der Waals surface area contributed by atoms with Gasteiger partial charge in [0.05, 0.1) is 16.7 Å². The molecule has 6 nitrogen and oxygen atoms in total. The molecule has 144 valence electrons. The highest BCUT2D eigenvalue weighted by Crippen LogP contribution is 2.22. The summed E-state index contributed by atoms with van der Waals surface area (Å²) in [5.41, 5.74) is 0.398. The Morgan fingerprint density at radius 2 is 1.52 bits per heavy atom. The normalized spacial score (nSPS) is 10.2. The maximum Gasteiger partial charge on any atom is 0.258 e. The third-order valence-corrected chi connectivity index (χ3v) is 4.16. The van der Waals surface area contributed by atoms with E-state index in [-0.39, 0.29) is 31.5 Å². The Hall–Kier alpha value is -2.44. The Morgan fingerprint density at radius 1 is 0.889 bits per heavy atom. The van der Waals surface area contributed by atoms with Crippen LogP contribution in [0.4, 0.5) is 0 Å². The molecule has 0 aliphatic heterocycles. The molecule has 0 saturated heterocycles. The van der Waals surface area contributed by atoms with Crippen molar-refractivity contribution in [1.82, 2.24) is 10.6 Å². The summed E-state index contributed by atoms with van der Waals surface area (Å²) in [5, 5.41) is 6.04. The summed E-state index contributed by atoms with van der Waals surface area (Å²) < 4.78 is 10.7. The van der Waals surface area contributed by atoms with Gasteiger partial charge in [-0.3, -0.25) is 9.59 Å². The Morgan fingerprint density at radius 3 is 2.15 bits per heavy atom. The van der Waals surface area contributed by atoms with E-state index in [1.165, 1.54) is 6.07 Å². The quantitative estimate of drug-likeness (QED) is 0.621. The minimum Gasteiger partial charge on any atom is -0.494 e. The van der Waals surface area contributed by atoms with Crippen LogP contribution in [-0.4, -0.2) is 38.1 Å². The van der Waals surface area contributed by atoms with Crippen LogP contribution in [0.1, 0.15) is 17.3 Å². The van der Waals surface area contributed by atoms with E-state index in [4.69, 9.17) is 32.7 Å². The van der Waals surface area contributed by atoms with Gasteiger partial charge < -0.3 is 20.1 Å². The monoisotopic (exact) mass is 410 g/mol. The van der Waals surface area contributed by atoms with Crippen LogP contribution in [0.3, 0.4) is 0 Å². The highest BCUT2D eigenvalue weighted by atomic mass is 35.5. The van der Waals surface area contributed by atoms with Crippen molar-refractivity contribution in [2.24, 2.45) is 0 Å². The van der Waals surface area contributed by atoms with E-state index in [1.807, 2.05) is 6.92 Å². The molecule has 0 bridgehead atoms. The van der Waals surface area contributed by atoms with Gasteiger partial charge in [-0.05, 0) is 49.4 Å². The first-order valence-corrected chi connectivity index (χ1v) is 9.10. The smallest absolute Gasteiger partial charge is 0.258 e. The van der Waals surface area contributed by atoms with Gasteiger partial charge in [-0.2, -0.15) is 0 Å². The number of hydrogen-bond donors (Lipinski definition) is 2. The van der Waals surface area contributed by atoms with E-state index < -0.39 is 0 Å². The molecule has 0 atom stereocenters. The van der Waals surface area contributed by atoms with Crippen LogP contribution in [0, 0.1) is 0 Å². The number of carbonyl (C=O) groups excluding carboxylic acids is 2. The van der Waals surface area contributed by atoms with Crippen LogP contribution in [0.5, 0.6) is 11.5 Å². The minimum absolute atomic E-state index is 0.116. The van der Waals surface area contributed by atoms with Gasteiger partial charge >= 0.3 is 0 Å². The fraction of sp³-hybridized carbons (Fsp3) is 0.263. The van der Waals surface area contributed by atoms with Gasteiger partial charge in [0.15, 0.2) is 6.61 Å². The van der Waals surface area contributed by atoms with Crippen molar-refractivity contribution < 1.29 is 19.1 Å². The summed E-state index contributed by atoms with van der Waals surface area (Å²) in [6.07, 6.45) is 0. The lowest BCUT2D eigenvalue weighted by atomic mass is 10.2. The molecule has 0 aromatic heterocycles. The molecule has 2 amide bonds. The number of amides is 2. The number of nitrogens with one attached hydrogen (secondary N) is 2. The van der Waals surface area contributed by atoms with Crippen molar-refractivity contribution in [3.63, 3.8) is 0 Å². The highest BCUT2D eigenvalue weighted by molar-refractivity contribution is 6.42. The SMILES string of the molecule is CCOc1ccc(OCC(=O)NCCNC(=O)c2ccc(Cl)c(Cl)c2)cc1. The second-order valence-electron chi connectivity index (χ2n) is 5.43. The Kier molecular flexibility index (Phi) is 8.23. The molecule has 2 N–H and O–H groups in total. The molecule has 0 fully saturated rings. The molecule has 27 heavy (non-hydrogen) atoms. The summed E-state index contributed by atoms with van der Waals surface area (Å²) in [6.45, 7) is 2.92. The maximum atomic E-state index is 12.0. The van der Waals surface area contributed by atoms with Crippen molar-refractivity contribution in [3.05, 3.63) is 58.1 Å². The summed E-state index contributed by atoms with van der Waals surface area (Å²) in [7, 11) is 0. The van der Waals surface area contributed by atoms with Gasteiger partial charge in [0.1, 0.15) is 11.5 Å². The molecule has 8 heteroatoms. The Labute approximate surface area is 167 Å². The standard InChI is InChI=1S/C19H20Cl2N2O4/c1-2-26-14-4-6-15(7-5-14)27-12-18(24)22-9-10-23-19(25)13-3-8-16(20)17(21)11-13/h3-8,11H,2,9-10,12H2,1H3,(H,22,24)(H,23,25). The molecular formula is C19H20Cl2N2O4. The van der Waals surface area contributed by atoms with Gasteiger partial charge in [0.2, 0.25) is 0 Å². The van der Waals surface area contributed by atoms with E-state index in [1.54, 1.807) is 36.4 Å². The van der Waals surface area contributed by atoms with Crippen molar-refractivity contribution >= 4 is 35.0 Å². The number of halogens is 2. The van der Waals surface area contributed by atoms with Gasteiger partial charge in [-0.1, -0.05) is 23.2 Å². The first-order chi connectivity index (χ1) is 13.0. The van der Waals surface area contributed by atoms with Gasteiger partial charge in [-0.15, -0.1) is 0 Å². The zero-order valence-electron chi connectivity index (χ0n) is 14.8. The fourth-order valence-electron chi connectivity index (χ4n) is 2.12. The lowest BCUT2D eigenvalue weighted by molar-refractivity contribution is -0.123. The van der Waals surface area contributed by atoms with Crippen LogP contribution in [0.2, 0.25) is 10.0 Å². The largest absolute Gasteiger partial charge is 0.494 e. The predicted molar refractivity (Wildman–Crippen MR) is 105 cm³/mol. The second kappa shape index (κ2) is 10.6. The fourth-order valence-corrected chi connectivity index (χ4v) is 2.41. The third kappa shape index (κ3) is 7.00. The molecule has 2 rings (SSSR count). The van der Waals surface area contributed by atoms with Crippen molar-refractivity contribution in [3.8, 4) is 11.5 Å². The highest BCUT2D eigenvalue weighted by Gasteiger charge is 2.08. The molecule has 0 aliphatic rings. The number of carbonyl (C=O) groups is 2. The molecule has 2 aromatic rings. The third-order valence-electron chi connectivity index (χ3n) is 3.42. The Balaban J connectivity index is 1.65. The molecule has 0 aliphatic carbocycles. The zero-order chi connectivity index (χ0) is 19.6. The number of rotatable bonds is 9. The maximum absolute atomic E-state index is 12.0. The first kappa shape index (κ1) is 20.9. The van der Waals surface area contributed by atoms with E-state index in [0.29, 0.717) is 28.0 Å². The van der Waals surface area contributed by atoms with E-state index >= 15 is 0 Å². The van der Waals surface area contributed by atoms with Gasteiger partial charge in [0.25, 0.3) is 11.8 Å². The average Bonchev–Trinajstić information content (AvgIpc) is 2.67. The molecular weight excluding hydrogens is 391 g/mol. The summed E-state index contributed by atoms with van der Waals surface area (Å²) >= 11 is 11.7. The molecule has 0 saturated carbocycles. The van der Waals surface area contributed by atoms with Gasteiger partial charge in [-0.25, -0.2) is 0 Å². The van der Waals surface area contributed by atoms with Crippen molar-refractivity contribution in [1.29, 1.82) is 0 Å². The van der Waals surface area contributed by atoms with Crippen LogP contribution in [-0.2, 0) is 4.79 Å². The molecule has 0 unspecified atom stereocenters. The lowest BCUT2D eigenvalue weighted by Crippen LogP contribution is -2.36. The van der Waals surface area contributed by atoms with E-state index in [0.717, 1.165) is 5.75 Å². The number of benzene rings is 2. The Bertz CT molecular complexity index is 782. The minimum atomic E-state index is -0.298. The van der Waals surface area contributed by atoms with Crippen LogP contribution in [0.25, 0.3) is 0 Å². The van der Waals surface area contributed by atoms with Crippen molar-refractivity contribution in [2.45, 2.75) is 6.92 Å². The average molecular weight is 411 g/mol. The second-order valence-corrected chi connectivity index (χ2v) is 6.24. The van der Waals surface area contributed by atoms with E-state index in [9.17, 15) is 9.59 Å². The predicted octanol–water partition coefficient (Wildman–Crippen LogP) is 3.32. The zero-order valence-corrected chi connectivity index (χ0v) is 16.3. The molecule has 2 aromatic carbocycles. The number of ether oxygens (including phenoxy) is 2. The lowest BCUT2D eigenvalue weighted by Gasteiger charge is -2.09. The number of hydrogen-bond acceptors (Lipinski definition) is 4. The molecule has 0 radical (unpaired) electrons. The first-order valence-electron chi connectivity index (χ1n) is 8.35. The summed E-state index contributed by atoms with van der Waals surface area (Å²) in [5.74, 6) is 0.731.